The molecule has 0 aliphatic heterocycles. The summed E-state index contributed by atoms with van der Waals surface area (Å²) < 4.78 is 6.52. The van der Waals surface area contributed by atoms with E-state index >= 15 is 0 Å². The van der Waals surface area contributed by atoms with E-state index in [0.717, 1.165) is 41.1 Å². The number of hydrogen-bond donors (Lipinski definition) is 1. The van der Waals surface area contributed by atoms with Gasteiger partial charge in [0, 0.05) is 22.1 Å². The Bertz CT molecular complexity index is 384. The molecule has 2 nitrogen and oxygen atoms in total. The lowest BCUT2D eigenvalue weighted by atomic mass is 10.1. The molecule has 4 heteroatoms. The van der Waals surface area contributed by atoms with E-state index in [1.165, 1.54) is 0 Å². The number of hydrogen-bond acceptors (Lipinski definition) is 2. The molecule has 0 heterocycles. The smallest absolute Gasteiger partial charge is 0.0518 e. The Balaban J connectivity index is 2.25. The maximum atomic E-state index is 6.23. The summed E-state index contributed by atoms with van der Waals surface area (Å²) in [7, 11) is 0. The molecule has 1 aromatic rings. The summed E-state index contributed by atoms with van der Waals surface area (Å²) >= 11 is 9.65. The van der Waals surface area contributed by atoms with Crippen molar-refractivity contribution < 1.29 is 4.74 Å². The Hall–Kier alpha value is -0.0900. The number of ether oxygens (including phenoxy) is 1. The highest BCUT2D eigenvalue weighted by molar-refractivity contribution is 9.10. The summed E-state index contributed by atoms with van der Waals surface area (Å²) in [6.07, 6.45) is 2.53. The summed E-state index contributed by atoms with van der Waals surface area (Å²) in [5, 5.41) is 4.30. The van der Waals surface area contributed by atoms with Gasteiger partial charge in [-0.05, 0) is 57.9 Å². The van der Waals surface area contributed by atoms with Crippen molar-refractivity contribution in [1.29, 1.82) is 0 Å². The lowest BCUT2D eigenvalue weighted by Crippen LogP contribution is -2.20. The Kier molecular flexibility index (Phi) is 8.00. The molecule has 1 rings (SSSR count). The van der Waals surface area contributed by atoms with Crippen molar-refractivity contribution in [2.24, 2.45) is 0 Å². The van der Waals surface area contributed by atoms with Crippen LogP contribution in [0.2, 0.25) is 5.02 Å². The molecule has 1 unspecified atom stereocenters. The highest BCUT2D eigenvalue weighted by Gasteiger charge is 2.08. The molecular formula is C15H23BrClNO. The third-order valence-electron chi connectivity index (χ3n) is 2.90. The van der Waals surface area contributed by atoms with Crippen LogP contribution in [-0.4, -0.2) is 19.3 Å². The molecular weight excluding hydrogens is 326 g/mol. The van der Waals surface area contributed by atoms with E-state index in [9.17, 15) is 0 Å². The van der Waals surface area contributed by atoms with Crippen molar-refractivity contribution in [3.8, 4) is 0 Å². The molecule has 0 saturated carbocycles. The molecule has 0 fully saturated rings. The molecule has 1 N–H and O–H groups in total. The highest BCUT2D eigenvalue weighted by atomic mass is 79.9. The zero-order chi connectivity index (χ0) is 14.3. The van der Waals surface area contributed by atoms with Crippen LogP contribution in [0.5, 0.6) is 0 Å². The quantitative estimate of drug-likeness (QED) is 0.671. The van der Waals surface area contributed by atoms with E-state index in [1.54, 1.807) is 0 Å². The van der Waals surface area contributed by atoms with E-state index in [-0.39, 0.29) is 6.04 Å². The van der Waals surface area contributed by atoms with Crippen LogP contribution in [0.25, 0.3) is 0 Å². The largest absolute Gasteiger partial charge is 0.379 e. The average Bonchev–Trinajstić information content (AvgIpc) is 2.32. The molecule has 0 bridgehead atoms. The van der Waals surface area contributed by atoms with Gasteiger partial charge in [0.15, 0.2) is 0 Å². The first-order valence-corrected chi connectivity index (χ1v) is 7.97. The fraction of sp³-hybridized carbons (Fsp3) is 0.600. The minimum absolute atomic E-state index is 0.270. The third kappa shape index (κ3) is 6.75. The topological polar surface area (TPSA) is 21.3 Å². The molecule has 0 saturated heterocycles. The Morgan fingerprint density at radius 3 is 2.63 bits per heavy atom. The van der Waals surface area contributed by atoms with Crippen molar-refractivity contribution in [3.05, 3.63) is 33.3 Å². The van der Waals surface area contributed by atoms with Crippen LogP contribution in [0.3, 0.4) is 0 Å². The van der Waals surface area contributed by atoms with Gasteiger partial charge in [0.2, 0.25) is 0 Å². The van der Waals surface area contributed by atoms with Crippen molar-refractivity contribution in [2.45, 2.75) is 45.8 Å². The van der Waals surface area contributed by atoms with Crippen LogP contribution < -0.4 is 5.32 Å². The van der Waals surface area contributed by atoms with Gasteiger partial charge in [-0.25, -0.2) is 0 Å². The zero-order valence-corrected chi connectivity index (χ0v) is 14.2. The third-order valence-corrected chi connectivity index (χ3v) is 3.72. The first kappa shape index (κ1) is 17.0. The Morgan fingerprint density at radius 1 is 1.26 bits per heavy atom. The molecule has 0 spiro atoms. The molecule has 0 aromatic heterocycles. The maximum Gasteiger partial charge on any atom is 0.0518 e. The van der Waals surface area contributed by atoms with E-state index in [1.807, 2.05) is 12.1 Å². The predicted octanol–water partition coefficient (Wildman–Crippen LogP) is 4.96. The van der Waals surface area contributed by atoms with Gasteiger partial charge in [0.25, 0.3) is 0 Å². The second-order valence-corrected chi connectivity index (χ2v) is 6.29. The van der Waals surface area contributed by atoms with Gasteiger partial charge < -0.3 is 10.1 Å². The van der Waals surface area contributed by atoms with Crippen LogP contribution in [0.15, 0.2) is 22.7 Å². The first-order valence-electron chi connectivity index (χ1n) is 6.80. The van der Waals surface area contributed by atoms with Crippen LogP contribution in [0.1, 0.15) is 45.2 Å². The molecule has 108 valence electrons. The molecule has 0 aliphatic carbocycles. The standard InChI is InChI=1S/C15H23BrClNO/c1-11(2)19-9-5-4-8-18-12(3)14-7-6-13(16)10-15(14)17/h6-7,10-12,18H,4-5,8-9H2,1-3H3. The van der Waals surface area contributed by atoms with Gasteiger partial charge in [0.05, 0.1) is 6.10 Å². The lowest BCUT2D eigenvalue weighted by molar-refractivity contribution is 0.0759. The van der Waals surface area contributed by atoms with Crippen LogP contribution >= 0.6 is 27.5 Å². The molecule has 0 radical (unpaired) electrons. The summed E-state index contributed by atoms with van der Waals surface area (Å²) in [5.74, 6) is 0. The number of rotatable bonds is 8. The number of nitrogens with one attached hydrogen (secondary N) is 1. The molecule has 0 aliphatic rings. The Labute approximate surface area is 130 Å². The molecule has 1 atom stereocenters. The van der Waals surface area contributed by atoms with Crippen molar-refractivity contribution >= 4 is 27.5 Å². The van der Waals surface area contributed by atoms with E-state index < -0.39 is 0 Å². The Morgan fingerprint density at radius 2 is 2.00 bits per heavy atom. The minimum atomic E-state index is 0.270. The zero-order valence-electron chi connectivity index (χ0n) is 11.9. The summed E-state index contributed by atoms with van der Waals surface area (Å²) in [6.45, 7) is 8.09. The SMILES string of the molecule is CC(C)OCCCCNC(C)c1ccc(Br)cc1Cl. The van der Waals surface area contributed by atoms with Crippen molar-refractivity contribution in [2.75, 3.05) is 13.2 Å². The molecule has 0 amide bonds. The number of benzene rings is 1. The van der Waals surface area contributed by atoms with Gasteiger partial charge in [0.1, 0.15) is 0 Å². The lowest BCUT2D eigenvalue weighted by Gasteiger charge is -2.16. The number of halogens is 2. The average molecular weight is 349 g/mol. The first-order chi connectivity index (χ1) is 9.00. The molecule has 19 heavy (non-hydrogen) atoms. The fourth-order valence-corrected chi connectivity index (χ4v) is 2.66. The van der Waals surface area contributed by atoms with Gasteiger partial charge in [-0.3, -0.25) is 0 Å². The summed E-state index contributed by atoms with van der Waals surface area (Å²) in [5.41, 5.74) is 1.14. The van der Waals surface area contributed by atoms with Crippen LogP contribution in [-0.2, 0) is 4.74 Å². The second kappa shape index (κ2) is 8.96. The minimum Gasteiger partial charge on any atom is -0.379 e. The second-order valence-electron chi connectivity index (χ2n) is 4.97. The summed E-state index contributed by atoms with van der Waals surface area (Å²) in [6, 6.07) is 6.29. The van der Waals surface area contributed by atoms with E-state index in [2.05, 4.69) is 48.1 Å². The van der Waals surface area contributed by atoms with E-state index in [0.29, 0.717) is 6.10 Å². The number of unbranched alkanes of at least 4 members (excludes halogenated alkanes) is 1. The van der Waals surface area contributed by atoms with Gasteiger partial charge in [-0.2, -0.15) is 0 Å². The fourth-order valence-electron chi connectivity index (χ4n) is 1.83. The van der Waals surface area contributed by atoms with E-state index in [4.69, 9.17) is 16.3 Å². The van der Waals surface area contributed by atoms with Crippen LogP contribution in [0, 0.1) is 0 Å². The van der Waals surface area contributed by atoms with Gasteiger partial charge in [-0.1, -0.05) is 33.6 Å². The van der Waals surface area contributed by atoms with Crippen molar-refractivity contribution in [1.82, 2.24) is 5.32 Å². The van der Waals surface area contributed by atoms with Crippen LogP contribution in [0.4, 0.5) is 0 Å². The maximum absolute atomic E-state index is 6.23. The predicted molar refractivity (Wildman–Crippen MR) is 85.9 cm³/mol. The normalized spacial score (nSPS) is 12.9. The highest BCUT2D eigenvalue weighted by Crippen LogP contribution is 2.26. The molecule has 1 aromatic carbocycles. The van der Waals surface area contributed by atoms with Gasteiger partial charge in [-0.15, -0.1) is 0 Å². The van der Waals surface area contributed by atoms with Gasteiger partial charge >= 0.3 is 0 Å². The monoisotopic (exact) mass is 347 g/mol. The van der Waals surface area contributed by atoms with Crippen molar-refractivity contribution in [3.63, 3.8) is 0 Å². The summed E-state index contributed by atoms with van der Waals surface area (Å²) in [4.78, 5) is 0.